The first-order chi connectivity index (χ1) is 10.3. The van der Waals surface area contributed by atoms with Gasteiger partial charge < -0.3 is 10.1 Å². The highest BCUT2D eigenvalue weighted by atomic mass is 19.4. The monoisotopic (exact) mass is 309 g/mol. The van der Waals surface area contributed by atoms with Gasteiger partial charge in [-0.05, 0) is 42.5 Å². The molecule has 0 saturated heterocycles. The molecule has 1 aliphatic rings. The maximum Gasteiger partial charge on any atom is 0.417 e. The summed E-state index contributed by atoms with van der Waals surface area (Å²) in [5, 5.41) is 9.63. The second kappa shape index (κ2) is 5.28. The fourth-order valence-electron chi connectivity index (χ4n) is 2.83. The van der Waals surface area contributed by atoms with Crippen LogP contribution in [0.2, 0.25) is 0 Å². The molecule has 6 heteroatoms. The Kier molecular flexibility index (Phi) is 3.56. The highest BCUT2D eigenvalue weighted by Crippen LogP contribution is 2.35. The molecule has 3 nitrogen and oxygen atoms in total. The van der Waals surface area contributed by atoms with Gasteiger partial charge >= 0.3 is 6.18 Å². The molecule has 1 aliphatic carbocycles. The van der Waals surface area contributed by atoms with Gasteiger partial charge in [0.1, 0.15) is 0 Å². The van der Waals surface area contributed by atoms with Crippen molar-refractivity contribution in [1.82, 2.24) is 4.98 Å². The standard InChI is InChI=1S/C16H14F3NO2/c17-16(18,19)13-8-15(22)20-14-5-4-10(7-12(13)14)9-2-1-3-11(21)6-9/h4-8,11,21H,1-3H2,(H,20,22). The minimum atomic E-state index is -4.59. The van der Waals surface area contributed by atoms with Crippen molar-refractivity contribution in [2.45, 2.75) is 31.5 Å². The van der Waals surface area contributed by atoms with Crippen molar-refractivity contribution in [1.29, 1.82) is 0 Å². The fourth-order valence-corrected chi connectivity index (χ4v) is 2.83. The van der Waals surface area contributed by atoms with Gasteiger partial charge in [0.2, 0.25) is 5.56 Å². The maximum absolute atomic E-state index is 13.1. The van der Waals surface area contributed by atoms with E-state index in [2.05, 4.69) is 4.98 Å². The van der Waals surface area contributed by atoms with Crippen LogP contribution in [-0.4, -0.2) is 16.2 Å². The highest BCUT2D eigenvalue weighted by molar-refractivity contribution is 5.86. The SMILES string of the molecule is O=c1cc(C(F)(F)F)c2cc(C3=CC(O)CCC3)ccc2[nH]1. The summed E-state index contributed by atoms with van der Waals surface area (Å²) in [6, 6.07) is 5.15. The number of pyridine rings is 1. The zero-order chi connectivity index (χ0) is 15.9. The maximum atomic E-state index is 13.1. The Morgan fingerprint density at radius 1 is 1.23 bits per heavy atom. The van der Waals surface area contributed by atoms with Crippen LogP contribution in [0.15, 0.2) is 35.1 Å². The molecule has 0 saturated carbocycles. The first-order valence-corrected chi connectivity index (χ1v) is 6.98. The summed E-state index contributed by atoms with van der Waals surface area (Å²) in [6.07, 6.45) is -1.29. The Morgan fingerprint density at radius 3 is 2.68 bits per heavy atom. The van der Waals surface area contributed by atoms with E-state index in [0.717, 1.165) is 12.0 Å². The molecular weight excluding hydrogens is 295 g/mol. The van der Waals surface area contributed by atoms with Crippen molar-refractivity contribution < 1.29 is 18.3 Å². The first kappa shape index (κ1) is 14.8. The van der Waals surface area contributed by atoms with Gasteiger partial charge in [-0.1, -0.05) is 12.1 Å². The lowest BCUT2D eigenvalue weighted by atomic mass is 9.91. The van der Waals surface area contributed by atoms with E-state index in [1.54, 1.807) is 12.1 Å². The Morgan fingerprint density at radius 2 is 2.00 bits per heavy atom. The predicted molar refractivity (Wildman–Crippen MR) is 77.4 cm³/mol. The molecule has 0 spiro atoms. The third kappa shape index (κ3) is 2.78. The van der Waals surface area contributed by atoms with E-state index in [1.807, 2.05) is 0 Å². The van der Waals surface area contributed by atoms with Crippen molar-refractivity contribution >= 4 is 16.5 Å². The van der Waals surface area contributed by atoms with Crippen LogP contribution < -0.4 is 5.56 Å². The number of rotatable bonds is 1. The van der Waals surface area contributed by atoms with Crippen molar-refractivity contribution in [3.8, 4) is 0 Å². The van der Waals surface area contributed by atoms with E-state index in [1.165, 1.54) is 12.1 Å². The van der Waals surface area contributed by atoms with Crippen LogP contribution in [-0.2, 0) is 6.18 Å². The Balaban J connectivity index is 2.21. The molecule has 1 aromatic heterocycles. The van der Waals surface area contributed by atoms with Crippen LogP contribution in [0.3, 0.4) is 0 Å². The first-order valence-electron chi connectivity index (χ1n) is 6.98. The molecule has 1 unspecified atom stereocenters. The van der Waals surface area contributed by atoms with Gasteiger partial charge in [-0.25, -0.2) is 0 Å². The topological polar surface area (TPSA) is 53.1 Å². The number of alkyl halides is 3. The number of aliphatic hydroxyl groups is 1. The number of H-pyrrole nitrogens is 1. The average Bonchev–Trinajstić information content (AvgIpc) is 2.45. The minimum absolute atomic E-state index is 0.0365. The quantitative estimate of drug-likeness (QED) is 0.847. The zero-order valence-electron chi connectivity index (χ0n) is 11.6. The fraction of sp³-hybridized carbons (Fsp3) is 0.312. The molecule has 116 valence electrons. The van der Waals surface area contributed by atoms with E-state index < -0.39 is 23.4 Å². The molecule has 1 aromatic carbocycles. The normalized spacial score (nSPS) is 19.3. The van der Waals surface area contributed by atoms with Gasteiger partial charge in [-0.3, -0.25) is 4.79 Å². The number of aromatic amines is 1. The second-order valence-electron chi connectivity index (χ2n) is 5.46. The molecule has 2 aromatic rings. The number of fused-ring (bicyclic) bond motifs is 1. The lowest BCUT2D eigenvalue weighted by Gasteiger charge is -2.18. The Hall–Kier alpha value is -2.08. The summed E-state index contributed by atoms with van der Waals surface area (Å²) in [4.78, 5) is 13.8. The van der Waals surface area contributed by atoms with E-state index in [4.69, 9.17) is 0 Å². The molecule has 0 aliphatic heterocycles. The minimum Gasteiger partial charge on any atom is -0.389 e. The van der Waals surface area contributed by atoms with E-state index in [0.29, 0.717) is 24.5 Å². The third-order valence-corrected chi connectivity index (χ3v) is 3.86. The molecule has 1 heterocycles. The lowest BCUT2D eigenvalue weighted by Crippen LogP contribution is -2.14. The molecule has 22 heavy (non-hydrogen) atoms. The summed E-state index contributed by atoms with van der Waals surface area (Å²) < 4.78 is 39.4. The van der Waals surface area contributed by atoms with Crippen LogP contribution in [0.25, 0.3) is 16.5 Å². The summed E-state index contributed by atoms with van der Waals surface area (Å²) in [7, 11) is 0. The third-order valence-electron chi connectivity index (χ3n) is 3.86. The number of aromatic nitrogens is 1. The van der Waals surface area contributed by atoms with Crippen LogP contribution in [0.1, 0.15) is 30.4 Å². The summed E-state index contributed by atoms with van der Waals surface area (Å²) >= 11 is 0. The molecular formula is C16H14F3NO2. The summed E-state index contributed by atoms with van der Waals surface area (Å²) in [5.74, 6) is 0. The second-order valence-corrected chi connectivity index (χ2v) is 5.46. The van der Waals surface area contributed by atoms with Gasteiger partial charge in [0.05, 0.1) is 11.7 Å². The Labute approximate surface area is 124 Å². The molecule has 1 atom stereocenters. The number of benzene rings is 1. The predicted octanol–water partition coefficient (Wildman–Crippen LogP) is 3.48. The van der Waals surface area contributed by atoms with Crippen LogP contribution in [0.5, 0.6) is 0 Å². The van der Waals surface area contributed by atoms with E-state index >= 15 is 0 Å². The number of halogens is 3. The summed E-state index contributed by atoms with van der Waals surface area (Å²) in [5.41, 5.74) is -0.0887. The lowest BCUT2D eigenvalue weighted by molar-refractivity contribution is -0.136. The number of hydrogen-bond acceptors (Lipinski definition) is 2. The molecule has 0 fully saturated rings. The summed E-state index contributed by atoms with van der Waals surface area (Å²) in [6.45, 7) is 0. The number of nitrogens with one attached hydrogen (secondary N) is 1. The molecule has 0 radical (unpaired) electrons. The van der Waals surface area contributed by atoms with Crippen molar-refractivity contribution in [3.05, 3.63) is 51.8 Å². The number of aliphatic hydroxyl groups excluding tert-OH is 1. The molecule has 2 N–H and O–H groups in total. The largest absolute Gasteiger partial charge is 0.417 e. The van der Waals surface area contributed by atoms with E-state index in [-0.39, 0.29) is 10.9 Å². The van der Waals surface area contributed by atoms with Gasteiger partial charge in [-0.15, -0.1) is 0 Å². The molecule has 3 rings (SSSR count). The van der Waals surface area contributed by atoms with Gasteiger partial charge in [0.15, 0.2) is 0 Å². The average molecular weight is 309 g/mol. The Bertz CT molecular complexity index is 805. The van der Waals surface area contributed by atoms with Crippen molar-refractivity contribution in [2.75, 3.05) is 0 Å². The zero-order valence-corrected chi connectivity index (χ0v) is 11.6. The molecule has 0 bridgehead atoms. The van der Waals surface area contributed by atoms with Gasteiger partial charge in [0, 0.05) is 17.0 Å². The molecule has 0 amide bonds. The van der Waals surface area contributed by atoms with E-state index in [9.17, 15) is 23.1 Å². The van der Waals surface area contributed by atoms with Crippen LogP contribution in [0, 0.1) is 0 Å². The van der Waals surface area contributed by atoms with Gasteiger partial charge in [0.25, 0.3) is 0 Å². The van der Waals surface area contributed by atoms with Gasteiger partial charge in [-0.2, -0.15) is 13.2 Å². The highest BCUT2D eigenvalue weighted by Gasteiger charge is 2.33. The number of hydrogen-bond donors (Lipinski definition) is 2. The van der Waals surface area contributed by atoms with Crippen LogP contribution >= 0.6 is 0 Å². The smallest absolute Gasteiger partial charge is 0.389 e. The van der Waals surface area contributed by atoms with Crippen molar-refractivity contribution in [3.63, 3.8) is 0 Å². The number of allylic oxidation sites excluding steroid dienone is 1. The van der Waals surface area contributed by atoms with Crippen LogP contribution in [0.4, 0.5) is 13.2 Å². The van der Waals surface area contributed by atoms with Crippen molar-refractivity contribution in [2.24, 2.45) is 0 Å².